The Hall–Kier alpha value is -3.78. The second-order valence-corrected chi connectivity index (χ2v) is 7.09. The van der Waals surface area contributed by atoms with E-state index < -0.39 is 0 Å². The number of aromatic nitrogens is 4. The molecular weight excluding hydrogens is 364 g/mol. The van der Waals surface area contributed by atoms with Crippen LogP contribution < -0.4 is 11.5 Å². The molecule has 0 radical (unpaired) electrons. The zero-order valence-corrected chi connectivity index (χ0v) is 16.9. The number of hydrogen-bond donors (Lipinski definition) is 2. The zero-order chi connectivity index (χ0) is 21.4. The maximum atomic E-state index is 8.80. The predicted octanol–water partition coefficient (Wildman–Crippen LogP) is 3.33. The number of rotatable bonds is 5. The molecule has 0 bridgehead atoms. The minimum atomic E-state index is 0.0746. The Kier molecular flexibility index (Phi) is 7.39. The Balaban J connectivity index is 0.000000212. The fourth-order valence-corrected chi connectivity index (χ4v) is 2.60. The SMILES string of the molecule is CC(C)CCn1cc(C#N)c(N)n1.CC(c1ccccc1)n1cc(C#N)c(N)n1. The van der Waals surface area contributed by atoms with Crippen molar-refractivity contribution in [3.8, 4) is 12.1 Å². The van der Waals surface area contributed by atoms with Crippen LogP contribution in [0.1, 0.15) is 49.9 Å². The van der Waals surface area contributed by atoms with Gasteiger partial charge < -0.3 is 11.5 Å². The quantitative estimate of drug-likeness (QED) is 0.686. The summed E-state index contributed by atoms with van der Waals surface area (Å²) in [6.45, 7) is 7.14. The second kappa shape index (κ2) is 9.95. The van der Waals surface area contributed by atoms with Crippen molar-refractivity contribution >= 4 is 11.6 Å². The molecule has 3 aromatic rings. The van der Waals surface area contributed by atoms with Crippen LogP contribution in [0.4, 0.5) is 11.6 Å². The van der Waals surface area contributed by atoms with E-state index in [0.29, 0.717) is 22.9 Å². The van der Waals surface area contributed by atoms with Crippen LogP contribution in [0.15, 0.2) is 42.7 Å². The number of benzene rings is 1. The summed E-state index contributed by atoms with van der Waals surface area (Å²) in [5.41, 5.74) is 13.1. The Bertz CT molecular complexity index is 1000. The molecule has 4 N–H and O–H groups in total. The first kappa shape index (κ1) is 21.5. The maximum Gasteiger partial charge on any atom is 0.163 e. The highest BCUT2D eigenvalue weighted by atomic mass is 15.3. The molecule has 29 heavy (non-hydrogen) atoms. The normalized spacial score (nSPS) is 11.2. The Morgan fingerprint density at radius 3 is 2.03 bits per heavy atom. The smallest absolute Gasteiger partial charge is 0.163 e. The molecule has 0 aliphatic rings. The zero-order valence-electron chi connectivity index (χ0n) is 16.9. The topological polar surface area (TPSA) is 135 Å². The Morgan fingerprint density at radius 2 is 1.52 bits per heavy atom. The molecule has 1 atom stereocenters. The van der Waals surface area contributed by atoms with Crippen molar-refractivity contribution in [3.05, 3.63) is 59.4 Å². The number of nitrogen functional groups attached to an aromatic ring is 2. The van der Waals surface area contributed by atoms with Gasteiger partial charge in [0.25, 0.3) is 0 Å². The average molecular weight is 390 g/mol. The highest BCUT2D eigenvalue weighted by molar-refractivity contribution is 5.47. The van der Waals surface area contributed by atoms with Crippen molar-refractivity contribution in [2.75, 3.05) is 11.5 Å². The van der Waals surface area contributed by atoms with Gasteiger partial charge in [-0.3, -0.25) is 9.36 Å². The third-order valence-corrected chi connectivity index (χ3v) is 4.41. The van der Waals surface area contributed by atoms with E-state index in [1.54, 1.807) is 21.8 Å². The van der Waals surface area contributed by atoms with Gasteiger partial charge in [0.05, 0.1) is 6.04 Å². The fourth-order valence-electron chi connectivity index (χ4n) is 2.60. The van der Waals surface area contributed by atoms with Gasteiger partial charge in [0.1, 0.15) is 23.3 Å². The Labute approximate surface area is 171 Å². The number of nitriles is 2. The van der Waals surface area contributed by atoms with Gasteiger partial charge in [0.15, 0.2) is 11.6 Å². The third-order valence-electron chi connectivity index (χ3n) is 4.41. The van der Waals surface area contributed by atoms with Gasteiger partial charge in [0.2, 0.25) is 0 Å². The molecule has 150 valence electrons. The van der Waals surface area contributed by atoms with Gasteiger partial charge in [0, 0.05) is 18.9 Å². The minimum absolute atomic E-state index is 0.0746. The van der Waals surface area contributed by atoms with Gasteiger partial charge in [-0.2, -0.15) is 20.7 Å². The summed E-state index contributed by atoms with van der Waals surface area (Å²) < 4.78 is 3.44. The van der Waals surface area contributed by atoms with Crippen LogP contribution in [0, 0.1) is 28.6 Å². The summed E-state index contributed by atoms with van der Waals surface area (Å²) in [5, 5.41) is 25.6. The largest absolute Gasteiger partial charge is 0.381 e. The van der Waals surface area contributed by atoms with E-state index in [1.807, 2.05) is 49.4 Å². The van der Waals surface area contributed by atoms with Crippen LogP contribution >= 0.6 is 0 Å². The first-order valence-electron chi connectivity index (χ1n) is 9.38. The van der Waals surface area contributed by atoms with Gasteiger partial charge in [-0.15, -0.1) is 0 Å². The minimum Gasteiger partial charge on any atom is -0.381 e. The molecule has 0 amide bonds. The summed E-state index contributed by atoms with van der Waals surface area (Å²) in [5.74, 6) is 1.24. The molecule has 8 nitrogen and oxygen atoms in total. The van der Waals surface area contributed by atoms with Gasteiger partial charge in [-0.1, -0.05) is 44.2 Å². The molecule has 2 aromatic heterocycles. The number of aryl methyl sites for hydroxylation is 1. The summed E-state index contributed by atoms with van der Waals surface area (Å²) in [6.07, 6.45) is 4.41. The van der Waals surface area contributed by atoms with Crippen LogP contribution in [0.2, 0.25) is 0 Å². The van der Waals surface area contributed by atoms with E-state index in [0.717, 1.165) is 18.5 Å². The summed E-state index contributed by atoms with van der Waals surface area (Å²) >= 11 is 0. The lowest BCUT2D eigenvalue weighted by atomic mass is 10.1. The highest BCUT2D eigenvalue weighted by Gasteiger charge is 2.11. The van der Waals surface area contributed by atoms with Crippen molar-refractivity contribution in [1.82, 2.24) is 19.6 Å². The van der Waals surface area contributed by atoms with Gasteiger partial charge in [-0.05, 0) is 24.8 Å². The first-order chi connectivity index (χ1) is 13.8. The first-order valence-corrected chi connectivity index (χ1v) is 9.38. The van der Waals surface area contributed by atoms with Crippen molar-refractivity contribution in [3.63, 3.8) is 0 Å². The lowest BCUT2D eigenvalue weighted by Gasteiger charge is -2.11. The van der Waals surface area contributed by atoms with Crippen LogP contribution in [-0.4, -0.2) is 19.6 Å². The predicted molar refractivity (Wildman–Crippen MR) is 112 cm³/mol. The third kappa shape index (κ3) is 5.85. The summed E-state index contributed by atoms with van der Waals surface area (Å²) in [6, 6.07) is 14.0. The molecule has 1 aromatic carbocycles. The summed E-state index contributed by atoms with van der Waals surface area (Å²) in [7, 11) is 0. The fraction of sp³-hybridized carbons (Fsp3) is 0.333. The van der Waals surface area contributed by atoms with Crippen LogP contribution in [0.25, 0.3) is 0 Å². The molecule has 2 heterocycles. The van der Waals surface area contributed by atoms with Crippen molar-refractivity contribution in [2.24, 2.45) is 5.92 Å². The number of anilines is 2. The Morgan fingerprint density at radius 1 is 0.931 bits per heavy atom. The molecule has 0 saturated carbocycles. The lowest BCUT2D eigenvalue weighted by Crippen LogP contribution is -2.07. The maximum absolute atomic E-state index is 8.80. The van der Waals surface area contributed by atoms with Crippen LogP contribution in [-0.2, 0) is 6.54 Å². The summed E-state index contributed by atoms with van der Waals surface area (Å²) in [4.78, 5) is 0. The molecule has 0 spiro atoms. The van der Waals surface area contributed by atoms with Gasteiger partial charge >= 0.3 is 0 Å². The van der Waals surface area contributed by atoms with Crippen molar-refractivity contribution in [1.29, 1.82) is 10.5 Å². The number of nitrogens with two attached hydrogens (primary N) is 2. The number of hydrogen-bond acceptors (Lipinski definition) is 6. The molecule has 0 aliphatic heterocycles. The number of nitrogens with zero attached hydrogens (tertiary/aromatic N) is 6. The van der Waals surface area contributed by atoms with Crippen LogP contribution in [0.3, 0.4) is 0 Å². The molecule has 1 unspecified atom stereocenters. The lowest BCUT2D eigenvalue weighted by molar-refractivity contribution is 0.488. The highest BCUT2D eigenvalue weighted by Crippen LogP contribution is 2.19. The molecule has 0 saturated heterocycles. The van der Waals surface area contributed by atoms with Gasteiger partial charge in [-0.25, -0.2) is 0 Å². The van der Waals surface area contributed by atoms with Crippen molar-refractivity contribution < 1.29 is 0 Å². The van der Waals surface area contributed by atoms with E-state index in [9.17, 15) is 0 Å². The van der Waals surface area contributed by atoms with E-state index >= 15 is 0 Å². The van der Waals surface area contributed by atoms with Crippen molar-refractivity contribution in [2.45, 2.75) is 39.8 Å². The van der Waals surface area contributed by atoms with E-state index in [-0.39, 0.29) is 11.9 Å². The van der Waals surface area contributed by atoms with Crippen LogP contribution in [0.5, 0.6) is 0 Å². The second-order valence-electron chi connectivity index (χ2n) is 7.09. The van der Waals surface area contributed by atoms with E-state index in [1.165, 1.54) is 0 Å². The molecule has 0 fully saturated rings. The molecule has 3 rings (SSSR count). The molecular formula is C21H26N8. The average Bonchev–Trinajstić information content (AvgIpc) is 3.28. The van der Waals surface area contributed by atoms with E-state index in [2.05, 4.69) is 24.0 Å². The standard InChI is InChI=1S/C12H12N4.C9H14N4/c1-9(10-5-3-2-4-6-10)16-8-11(7-13)12(14)15-16;1-7(2)3-4-13-6-8(5-10)9(11)12-13/h2-6,8-9H,1H3,(H2,14,15);6-7H,3-4H2,1-2H3,(H2,11,12). The molecule has 0 aliphatic carbocycles. The van der Waals surface area contributed by atoms with E-state index in [4.69, 9.17) is 22.0 Å². The molecule has 8 heteroatoms. The monoisotopic (exact) mass is 390 g/mol.